The van der Waals surface area contributed by atoms with Gasteiger partial charge in [-0.1, -0.05) is 24.3 Å². The molecular weight excluding hydrogens is 266 g/mol. The Morgan fingerprint density at radius 1 is 1.37 bits per heavy atom. The molecule has 108 valence electrons. The van der Waals surface area contributed by atoms with E-state index in [-0.39, 0.29) is 18.4 Å². The summed E-state index contributed by atoms with van der Waals surface area (Å²) in [4.78, 5) is 0. The second-order valence-electron chi connectivity index (χ2n) is 4.42. The van der Waals surface area contributed by atoms with Crippen LogP contribution in [0.4, 0.5) is 0 Å². The van der Waals surface area contributed by atoms with Crippen LogP contribution in [0.3, 0.4) is 0 Å². The Kier molecular flexibility index (Phi) is 6.44. The topological polar surface area (TPSA) is 75.6 Å². The minimum absolute atomic E-state index is 0.0952. The Morgan fingerprint density at radius 3 is 2.68 bits per heavy atom. The van der Waals surface area contributed by atoms with Gasteiger partial charge < -0.3 is 9.84 Å². The molecule has 1 aromatic carbocycles. The predicted octanol–water partition coefficient (Wildman–Crippen LogP) is 1.02. The van der Waals surface area contributed by atoms with Gasteiger partial charge in [-0.3, -0.25) is 0 Å². The molecule has 1 atom stereocenters. The summed E-state index contributed by atoms with van der Waals surface area (Å²) in [5.74, 6) is -0.0999. The number of hydrogen-bond donors (Lipinski definition) is 2. The average molecular weight is 287 g/mol. The van der Waals surface area contributed by atoms with Crippen molar-refractivity contribution in [2.45, 2.75) is 32.2 Å². The molecule has 0 radical (unpaired) electrons. The van der Waals surface area contributed by atoms with Crippen molar-refractivity contribution in [3.05, 3.63) is 35.4 Å². The fourth-order valence-electron chi connectivity index (χ4n) is 1.71. The van der Waals surface area contributed by atoms with Crippen molar-refractivity contribution in [1.29, 1.82) is 0 Å². The molecule has 2 N–H and O–H groups in total. The molecule has 0 aliphatic rings. The van der Waals surface area contributed by atoms with Crippen LogP contribution in [-0.2, 0) is 27.1 Å². The van der Waals surface area contributed by atoms with Crippen molar-refractivity contribution in [2.75, 3.05) is 13.2 Å². The van der Waals surface area contributed by atoms with Gasteiger partial charge in [-0.05, 0) is 25.0 Å². The lowest BCUT2D eigenvalue weighted by atomic mass is 10.1. The van der Waals surface area contributed by atoms with E-state index < -0.39 is 10.0 Å². The Labute approximate surface area is 114 Å². The molecule has 0 aromatic heterocycles. The number of rotatable bonds is 8. The van der Waals surface area contributed by atoms with Crippen LogP contribution in [0.1, 0.15) is 25.0 Å². The molecule has 0 fully saturated rings. The molecular formula is C13H21NO4S. The molecule has 1 aromatic rings. The number of hydrogen-bond acceptors (Lipinski definition) is 4. The molecule has 1 unspecified atom stereocenters. The number of ether oxygens (including phenoxy) is 1. The summed E-state index contributed by atoms with van der Waals surface area (Å²) >= 11 is 0. The summed E-state index contributed by atoms with van der Waals surface area (Å²) in [6.07, 6.45) is 0. The summed E-state index contributed by atoms with van der Waals surface area (Å²) in [6, 6.07) is 6.64. The summed E-state index contributed by atoms with van der Waals surface area (Å²) in [7, 11) is -3.40. The van der Waals surface area contributed by atoms with Crippen molar-refractivity contribution in [3.8, 4) is 0 Å². The maximum absolute atomic E-state index is 11.9. The van der Waals surface area contributed by atoms with E-state index in [1.165, 1.54) is 0 Å². The predicted molar refractivity (Wildman–Crippen MR) is 74.1 cm³/mol. The summed E-state index contributed by atoms with van der Waals surface area (Å²) < 4.78 is 31.6. The van der Waals surface area contributed by atoms with Gasteiger partial charge in [0.15, 0.2) is 0 Å². The van der Waals surface area contributed by atoms with Gasteiger partial charge in [0, 0.05) is 12.6 Å². The largest absolute Gasteiger partial charge is 0.392 e. The maximum Gasteiger partial charge on any atom is 0.216 e. The fourth-order valence-corrected chi connectivity index (χ4v) is 3.10. The fraction of sp³-hybridized carbons (Fsp3) is 0.538. The number of benzene rings is 1. The highest BCUT2D eigenvalue weighted by Crippen LogP contribution is 2.09. The van der Waals surface area contributed by atoms with Crippen molar-refractivity contribution < 1.29 is 18.3 Å². The molecule has 0 bridgehead atoms. The number of nitrogens with one attached hydrogen (secondary N) is 1. The van der Waals surface area contributed by atoms with Crippen molar-refractivity contribution >= 4 is 10.0 Å². The second kappa shape index (κ2) is 7.59. The Morgan fingerprint density at radius 2 is 2.05 bits per heavy atom. The smallest absolute Gasteiger partial charge is 0.216 e. The number of aliphatic hydroxyl groups is 1. The van der Waals surface area contributed by atoms with Gasteiger partial charge in [-0.25, -0.2) is 13.1 Å². The zero-order valence-electron chi connectivity index (χ0n) is 11.3. The van der Waals surface area contributed by atoms with E-state index >= 15 is 0 Å². The number of sulfonamides is 1. The summed E-state index contributed by atoms with van der Waals surface area (Å²) in [5, 5.41) is 9.02. The highest BCUT2D eigenvalue weighted by Gasteiger charge is 2.15. The zero-order valence-corrected chi connectivity index (χ0v) is 12.1. The first-order valence-electron chi connectivity index (χ1n) is 6.23. The minimum Gasteiger partial charge on any atom is -0.392 e. The third-order valence-electron chi connectivity index (χ3n) is 2.48. The van der Waals surface area contributed by atoms with E-state index in [0.29, 0.717) is 24.3 Å². The molecule has 0 saturated carbocycles. The third kappa shape index (κ3) is 6.15. The van der Waals surface area contributed by atoms with Gasteiger partial charge in [0.05, 0.1) is 19.0 Å². The van der Waals surface area contributed by atoms with Crippen LogP contribution in [-0.4, -0.2) is 32.8 Å². The minimum atomic E-state index is -3.40. The summed E-state index contributed by atoms with van der Waals surface area (Å²) in [5.41, 5.74) is 1.36. The Bertz CT molecular complexity index is 487. The van der Waals surface area contributed by atoms with E-state index in [9.17, 15) is 8.42 Å². The summed E-state index contributed by atoms with van der Waals surface area (Å²) in [6.45, 7) is 4.44. The molecule has 0 aliphatic heterocycles. The SMILES string of the molecule is CCOCC(C)NS(=O)(=O)Cc1cccc(CO)c1. The molecule has 0 heterocycles. The first kappa shape index (κ1) is 16.1. The molecule has 0 spiro atoms. The zero-order chi connectivity index (χ0) is 14.3. The highest BCUT2D eigenvalue weighted by molar-refractivity contribution is 7.88. The average Bonchev–Trinajstić information content (AvgIpc) is 2.35. The Balaban J connectivity index is 2.63. The maximum atomic E-state index is 11.9. The molecule has 0 aliphatic carbocycles. The van der Waals surface area contributed by atoms with Crippen LogP contribution in [0.5, 0.6) is 0 Å². The standard InChI is InChI=1S/C13H21NO4S/c1-3-18-9-11(2)14-19(16,17)10-13-6-4-5-12(7-13)8-15/h4-7,11,14-15H,3,8-10H2,1-2H3. The first-order chi connectivity index (χ1) is 8.96. The van der Waals surface area contributed by atoms with E-state index in [1.54, 1.807) is 31.2 Å². The molecule has 5 nitrogen and oxygen atoms in total. The van der Waals surface area contributed by atoms with E-state index in [2.05, 4.69) is 4.72 Å². The quantitative estimate of drug-likeness (QED) is 0.748. The molecule has 0 saturated heterocycles. The van der Waals surface area contributed by atoms with Gasteiger partial charge in [0.2, 0.25) is 10.0 Å². The first-order valence-corrected chi connectivity index (χ1v) is 7.88. The van der Waals surface area contributed by atoms with Crippen LogP contribution in [0, 0.1) is 0 Å². The van der Waals surface area contributed by atoms with Gasteiger partial charge in [-0.2, -0.15) is 0 Å². The van der Waals surface area contributed by atoms with E-state index in [1.807, 2.05) is 6.92 Å². The van der Waals surface area contributed by atoms with Crippen molar-refractivity contribution in [1.82, 2.24) is 4.72 Å². The van der Waals surface area contributed by atoms with E-state index in [0.717, 1.165) is 0 Å². The van der Waals surface area contributed by atoms with Gasteiger partial charge in [-0.15, -0.1) is 0 Å². The monoisotopic (exact) mass is 287 g/mol. The van der Waals surface area contributed by atoms with Crippen LogP contribution >= 0.6 is 0 Å². The molecule has 0 amide bonds. The second-order valence-corrected chi connectivity index (χ2v) is 6.17. The lowest BCUT2D eigenvalue weighted by Crippen LogP contribution is -2.36. The van der Waals surface area contributed by atoms with Crippen molar-refractivity contribution in [3.63, 3.8) is 0 Å². The molecule has 1 rings (SSSR count). The normalized spacial score (nSPS) is 13.4. The van der Waals surface area contributed by atoms with Crippen LogP contribution in [0.2, 0.25) is 0 Å². The molecule has 19 heavy (non-hydrogen) atoms. The van der Waals surface area contributed by atoms with Crippen LogP contribution in [0.15, 0.2) is 24.3 Å². The lowest BCUT2D eigenvalue weighted by Gasteiger charge is -2.14. The van der Waals surface area contributed by atoms with Crippen LogP contribution < -0.4 is 4.72 Å². The van der Waals surface area contributed by atoms with Crippen molar-refractivity contribution in [2.24, 2.45) is 0 Å². The molecule has 6 heteroatoms. The lowest BCUT2D eigenvalue weighted by molar-refractivity contribution is 0.133. The Hall–Kier alpha value is -0.950. The highest BCUT2D eigenvalue weighted by atomic mass is 32.2. The van der Waals surface area contributed by atoms with Crippen LogP contribution in [0.25, 0.3) is 0 Å². The van der Waals surface area contributed by atoms with Gasteiger partial charge >= 0.3 is 0 Å². The third-order valence-corrected chi connectivity index (χ3v) is 3.96. The van der Waals surface area contributed by atoms with E-state index in [4.69, 9.17) is 9.84 Å². The van der Waals surface area contributed by atoms with Gasteiger partial charge in [0.25, 0.3) is 0 Å². The van der Waals surface area contributed by atoms with Gasteiger partial charge in [0.1, 0.15) is 0 Å². The number of aliphatic hydroxyl groups excluding tert-OH is 1.